The predicted molar refractivity (Wildman–Crippen MR) is 109 cm³/mol. The number of nitrogens with two attached hydrogens (primary N) is 1. The Morgan fingerprint density at radius 2 is 1.93 bits per heavy atom. The fourth-order valence-electron chi connectivity index (χ4n) is 4.13. The molecule has 1 aromatic carbocycles. The molecule has 3 aliphatic rings. The van der Waals surface area contributed by atoms with Crippen molar-refractivity contribution < 1.29 is 14.2 Å². The van der Waals surface area contributed by atoms with Crippen LogP contribution in [0.1, 0.15) is 70.2 Å². The van der Waals surface area contributed by atoms with Gasteiger partial charge in [-0.1, -0.05) is 26.8 Å². The number of hydrogen-bond acceptors (Lipinski definition) is 4. The number of fused-ring (bicyclic) bond motifs is 6. The maximum absolute atomic E-state index is 6.68. The van der Waals surface area contributed by atoms with Crippen molar-refractivity contribution in [1.29, 1.82) is 0 Å². The summed E-state index contributed by atoms with van der Waals surface area (Å²) in [4.78, 5) is 0. The molecule has 3 aliphatic heterocycles. The first kappa shape index (κ1) is 18.2. The van der Waals surface area contributed by atoms with Gasteiger partial charge in [-0.05, 0) is 51.0 Å². The van der Waals surface area contributed by atoms with Crippen molar-refractivity contribution in [2.75, 3.05) is 0 Å². The molecule has 0 saturated heterocycles. The first-order valence-corrected chi connectivity index (χ1v) is 9.85. The third kappa shape index (κ3) is 2.78. The van der Waals surface area contributed by atoms with Crippen molar-refractivity contribution in [3.8, 4) is 17.2 Å². The van der Waals surface area contributed by atoms with Crippen LogP contribution >= 0.6 is 0 Å². The van der Waals surface area contributed by atoms with Crippen molar-refractivity contribution in [3.05, 3.63) is 41.2 Å². The Morgan fingerprint density at radius 1 is 1.19 bits per heavy atom. The lowest BCUT2D eigenvalue weighted by atomic mass is 9.81. The first-order chi connectivity index (χ1) is 12.7. The van der Waals surface area contributed by atoms with E-state index in [-0.39, 0.29) is 18.1 Å². The van der Waals surface area contributed by atoms with Crippen LogP contribution in [-0.2, 0) is 0 Å². The number of benzene rings is 1. The molecule has 4 heteroatoms. The van der Waals surface area contributed by atoms with Gasteiger partial charge in [0.15, 0.2) is 0 Å². The van der Waals surface area contributed by atoms with Gasteiger partial charge in [0.2, 0.25) is 0 Å². The first-order valence-electron chi connectivity index (χ1n) is 9.85. The summed E-state index contributed by atoms with van der Waals surface area (Å²) < 4.78 is 18.9. The Morgan fingerprint density at radius 3 is 2.63 bits per heavy atom. The number of rotatable bonds is 2. The normalized spacial score (nSPS) is 27.4. The van der Waals surface area contributed by atoms with Gasteiger partial charge in [0.05, 0.1) is 16.7 Å². The van der Waals surface area contributed by atoms with Gasteiger partial charge in [-0.3, -0.25) is 0 Å². The van der Waals surface area contributed by atoms with E-state index < -0.39 is 5.60 Å². The molecule has 2 N–H and O–H groups in total. The molecule has 3 atom stereocenters. The van der Waals surface area contributed by atoms with Crippen molar-refractivity contribution in [2.45, 2.75) is 65.2 Å². The van der Waals surface area contributed by atoms with Crippen LogP contribution in [0.3, 0.4) is 0 Å². The minimum atomic E-state index is -0.392. The van der Waals surface area contributed by atoms with Gasteiger partial charge in [-0.15, -0.1) is 0 Å². The number of allylic oxidation sites excluding steroid dienone is 2. The summed E-state index contributed by atoms with van der Waals surface area (Å²) in [7, 11) is 0. The topological polar surface area (TPSA) is 53.7 Å². The van der Waals surface area contributed by atoms with Crippen molar-refractivity contribution >= 4 is 11.6 Å². The van der Waals surface area contributed by atoms with Gasteiger partial charge in [0.1, 0.15) is 34.7 Å². The predicted octanol–water partition coefficient (Wildman–Crippen LogP) is 5.38. The maximum Gasteiger partial charge on any atom is 0.147 e. The summed E-state index contributed by atoms with van der Waals surface area (Å²) in [6.45, 7) is 14.5. The monoisotopic (exact) mass is 367 g/mol. The highest BCUT2D eigenvalue weighted by Crippen LogP contribution is 2.56. The van der Waals surface area contributed by atoms with Gasteiger partial charge in [-0.25, -0.2) is 0 Å². The molecule has 0 aromatic heterocycles. The zero-order chi connectivity index (χ0) is 19.5. The summed E-state index contributed by atoms with van der Waals surface area (Å²) in [5.74, 6) is 3.20. The molecular formula is C23H29NO3. The fourth-order valence-corrected chi connectivity index (χ4v) is 4.13. The maximum atomic E-state index is 6.68. The lowest BCUT2D eigenvalue weighted by molar-refractivity contribution is 0.112. The minimum Gasteiger partial charge on any atom is -0.489 e. The van der Waals surface area contributed by atoms with E-state index in [0.717, 1.165) is 46.8 Å². The Balaban J connectivity index is 2.06. The van der Waals surface area contributed by atoms with E-state index in [0.29, 0.717) is 5.76 Å². The summed E-state index contributed by atoms with van der Waals surface area (Å²) in [5, 5.41) is 0. The van der Waals surface area contributed by atoms with Gasteiger partial charge >= 0.3 is 0 Å². The van der Waals surface area contributed by atoms with Crippen LogP contribution in [0.2, 0.25) is 0 Å². The zero-order valence-corrected chi connectivity index (χ0v) is 16.9. The molecule has 0 aliphatic carbocycles. The van der Waals surface area contributed by atoms with E-state index in [1.807, 2.05) is 6.08 Å². The van der Waals surface area contributed by atoms with Crippen LogP contribution in [0.15, 0.2) is 24.5 Å². The second kappa shape index (κ2) is 6.16. The number of hydrogen-bond donors (Lipinski definition) is 1. The van der Waals surface area contributed by atoms with Crippen LogP contribution in [0.4, 0.5) is 0 Å². The average Bonchev–Trinajstić information content (AvgIpc) is 2.58. The molecule has 4 nitrogen and oxygen atoms in total. The number of ether oxygens (including phenoxy) is 3. The molecule has 3 heterocycles. The van der Waals surface area contributed by atoms with Gasteiger partial charge in [0.25, 0.3) is 0 Å². The lowest BCUT2D eigenvalue weighted by Gasteiger charge is -2.40. The van der Waals surface area contributed by atoms with Crippen molar-refractivity contribution in [1.82, 2.24) is 0 Å². The van der Waals surface area contributed by atoms with E-state index in [2.05, 4.69) is 53.3 Å². The summed E-state index contributed by atoms with van der Waals surface area (Å²) in [6, 6.07) is -0.167. The highest BCUT2D eigenvalue weighted by atomic mass is 16.5. The van der Waals surface area contributed by atoms with E-state index in [4.69, 9.17) is 19.9 Å². The van der Waals surface area contributed by atoms with Gasteiger partial charge in [-0.2, -0.15) is 0 Å². The molecule has 0 amide bonds. The molecule has 4 rings (SSSR count). The molecule has 0 spiro atoms. The van der Waals surface area contributed by atoms with E-state index in [1.54, 1.807) is 0 Å². The van der Waals surface area contributed by atoms with Crippen LogP contribution < -0.4 is 19.9 Å². The van der Waals surface area contributed by atoms with Crippen molar-refractivity contribution in [2.24, 2.45) is 11.7 Å². The molecular weight excluding hydrogens is 338 g/mol. The van der Waals surface area contributed by atoms with Gasteiger partial charge in [0, 0.05) is 12.0 Å². The quantitative estimate of drug-likeness (QED) is 0.763. The van der Waals surface area contributed by atoms with Crippen LogP contribution in [-0.4, -0.2) is 11.7 Å². The summed E-state index contributed by atoms with van der Waals surface area (Å²) in [5.41, 5.74) is 10.4. The van der Waals surface area contributed by atoms with Crippen LogP contribution in [0.5, 0.6) is 17.2 Å². The Bertz CT molecular complexity index is 878. The van der Waals surface area contributed by atoms with E-state index in [1.165, 1.54) is 5.57 Å². The third-order valence-corrected chi connectivity index (χ3v) is 5.80. The molecule has 0 fully saturated rings. The zero-order valence-electron chi connectivity index (χ0n) is 16.9. The summed E-state index contributed by atoms with van der Waals surface area (Å²) >= 11 is 0. The SMILES string of the molecule is C=C1C=C(CCC)c2c3c(c4c(c2O1)C(N)[C@H](C)[C@@H](C)O4)C=CC(C)(C)O3. The lowest BCUT2D eigenvalue weighted by Crippen LogP contribution is -2.38. The Kier molecular flexibility index (Phi) is 4.15. The summed E-state index contributed by atoms with van der Waals surface area (Å²) in [6.07, 6.45) is 8.19. The van der Waals surface area contributed by atoms with E-state index in [9.17, 15) is 0 Å². The largest absolute Gasteiger partial charge is 0.489 e. The molecule has 0 saturated carbocycles. The van der Waals surface area contributed by atoms with Gasteiger partial charge < -0.3 is 19.9 Å². The standard InChI is InChI=1S/C23H29NO3/c1-7-8-15-11-12(2)25-22-17(15)21-16(9-10-23(5,6)27-21)20-18(22)19(24)13(3)14(4)26-20/h9-11,13-14,19H,2,7-8,24H2,1,3-6H3/t13-,14-,19?/m1/s1. The third-order valence-electron chi connectivity index (χ3n) is 5.80. The molecule has 1 unspecified atom stereocenters. The molecule has 0 radical (unpaired) electrons. The van der Waals surface area contributed by atoms with E-state index >= 15 is 0 Å². The molecule has 27 heavy (non-hydrogen) atoms. The second-order valence-electron chi connectivity index (χ2n) is 8.42. The fraction of sp³-hybridized carbons (Fsp3) is 0.478. The van der Waals surface area contributed by atoms with Crippen LogP contribution in [0.25, 0.3) is 11.6 Å². The molecule has 0 bridgehead atoms. The van der Waals surface area contributed by atoms with Crippen LogP contribution in [0, 0.1) is 5.92 Å². The smallest absolute Gasteiger partial charge is 0.147 e. The molecule has 144 valence electrons. The average molecular weight is 367 g/mol. The second-order valence-corrected chi connectivity index (χ2v) is 8.42. The minimum absolute atomic E-state index is 0.0235. The Labute approximate surface area is 161 Å². The highest BCUT2D eigenvalue weighted by Gasteiger charge is 2.41. The highest BCUT2D eigenvalue weighted by molar-refractivity contribution is 5.88. The van der Waals surface area contributed by atoms with Crippen molar-refractivity contribution in [3.63, 3.8) is 0 Å². The molecule has 1 aromatic rings. The Hall–Kier alpha value is -2.20.